The third-order valence-corrected chi connectivity index (χ3v) is 13.4. The number of likely N-dealkylation sites (N-methyl/N-ethyl adjacent to an activating group) is 2. The summed E-state index contributed by atoms with van der Waals surface area (Å²) >= 11 is 0. The number of likely N-dealkylation sites (tertiary alicyclic amines) is 1. The summed E-state index contributed by atoms with van der Waals surface area (Å²) in [4.78, 5) is 111. The van der Waals surface area contributed by atoms with Crippen LogP contribution in [0.15, 0.2) is 48.5 Å². The van der Waals surface area contributed by atoms with Gasteiger partial charge in [-0.1, -0.05) is 84.0 Å². The highest BCUT2D eigenvalue weighted by molar-refractivity contribution is 6.02. The number of aryl methyl sites for hydroxylation is 1. The molecule has 1 aliphatic heterocycles. The first kappa shape index (κ1) is 60.2. The van der Waals surface area contributed by atoms with E-state index in [9.17, 15) is 38.4 Å². The van der Waals surface area contributed by atoms with Crippen LogP contribution in [0.5, 0.6) is 0 Å². The molecule has 1 heterocycles. The summed E-state index contributed by atoms with van der Waals surface area (Å²) in [5.74, 6) is -3.39. The Hall–Kier alpha value is -4.90. The number of fused-ring (bicyclic) bond motifs is 1. The standard InChI is InChI=1S/C51H76N8O8.2ClH/c1-12-38(55-45(62)31(5)52-10)47(64)57-40(48(65)54-30(4)29(2)3)23-24-42(60)35-19-15-20-36(27-35)43(61)26-33-25-41(49(66)56-39-22-16-18-34-17-13-14-21-37(34)39)59(28-33)50(67)44(51(7,8)9)58-46(63)32(6)53-11;;/h13-15,17,19-21,27,29-33,38-41,44,52-53H,12,16,18,22-26,28H2,1-11H3,(H,54,65)(H,55,62)(H,56,66)(H,57,64)(H,58,63);2*1H/t30-,31+,32+,33-,38+,39-,40+,41+,44-;;/m1../s1. The molecule has 6 amide bonds. The van der Waals surface area contributed by atoms with Gasteiger partial charge >= 0.3 is 0 Å². The van der Waals surface area contributed by atoms with Crippen LogP contribution in [0, 0.1) is 17.3 Å². The zero-order chi connectivity index (χ0) is 49.7. The first-order valence-corrected chi connectivity index (χ1v) is 24.0. The second-order valence-electron chi connectivity index (χ2n) is 19.8. The van der Waals surface area contributed by atoms with Gasteiger partial charge in [0.25, 0.3) is 0 Å². The number of ketones is 2. The number of amides is 6. The van der Waals surface area contributed by atoms with Crippen LogP contribution in [0.2, 0.25) is 0 Å². The Kier molecular flexibility index (Phi) is 24.0. The molecule has 384 valence electrons. The van der Waals surface area contributed by atoms with E-state index in [1.54, 1.807) is 53.1 Å². The van der Waals surface area contributed by atoms with Gasteiger partial charge in [-0.2, -0.15) is 0 Å². The Morgan fingerprint density at radius 1 is 0.725 bits per heavy atom. The lowest BCUT2D eigenvalue weighted by atomic mass is 9.85. The summed E-state index contributed by atoms with van der Waals surface area (Å²) < 4.78 is 0. The molecule has 0 saturated carbocycles. The minimum atomic E-state index is -1.08. The SMILES string of the molecule is CC[C@H](NC(=O)[C@H](C)NC)C(=O)N[C@@H](CCC(=O)c1cccc(C(=O)C[C@H]2C[C@@H](C(=O)N[C@@H]3CCCc4ccccc43)N(C(=O)[C@@H](NC(=O)[C@H](C)NC)C(C)(C)C)C2)c1)C(=O)N[C@H](C)C(C)C.Cl.Cl. The fourth-order valence-corrected chi connectivity index (χ4v) is 8.43. The lowest BCUT2D eigenvalue weighted by Crippen LogP contribution is -2.59. The highest BCUT2D eigenvalue weighted by Gasteiger charge is 2.46. The van der Waals surface area contributed by atoms with Crippen LogP contribution in [0.25, 0.3) is 0 Å². The van der Waals surface area contributed by atoms with Crippen LogP contribution in [0.4, 0.5) is 0 Å². The van der Waals surface area contributed by atoms with E-state index in [2.05, 4.69) is 43.3 Å². The van der Waals surface area contributed by atoms with Gasteiger partial charge < -0.3 is 42.1 Å². The molecule has 0 radical (unpaired) electrons. The van der Waals surface area contributed by atoms with Gasteiger partial charge in [0, 0.05) is 36.6 Å². The van der Waals surface area contributed by atoms with Crippen molar-refractivity contribution in [3.63, 3.8) is 0 Å². The number of nitrogens with one attached hydrogen (secondary N) is 7. The van der Waals surface area contributed by atoms with E-state index in [0.717, 1.165) is 24.8 Å². The molecule has 0 aromatic heterocycles. The van der Waals surface area contributed by atoms with Gasteiger partial charge in [-0.15, -0.1) is 24.8 Å². The topological polar surface area (TPSA) is 224 Å². The zero-order valence-corrected chi connectivity index (χ0v) is 43.9. The van der Waals surface area contributed by atoms with E-state index < -0.39 is 65.3 Å². The Morgan fingerprint density at radius 3 is 1.90 bits per heavy atom. The van der Waals surface area contributed by atoms with E-state index in [1.165, 1.54) is 16.5 Å². The fourth-order valence-electron chi connectivity index (χ4n) is 8.43. The van der Waals surface area contributed by atoms with Crippen molar-refractivity contribution in [1.29, 1.82) is 0 Å². The van der Waals surface area contributed by atoms with Crippen LogP contribution >= 0.6 is 24.8 Å². The molecule has 1 saturated heterocycles. The molecule has 18 heteroatoms. The minimum Gasteiger partial charge on any atom is -0.352 e. The van der Waals surface area contributed by atoms with Gasteiger partial charge in [0.2, 0.25) is 35.4 Å². The molecule has 2 aromatic rings. The van der Waals surface area contributed by atoms with Gasteiger partial charge in [0.15, 0.2) is 11.6 Å². The quantitative estimate of drug-likeness (QED) is 0.0802. The summed E-state index contributed by atoms with van der Waals surface area (Å²) in [5.41, 5.74) is 2.04. The molecule has 1 aliphatic carbocycles. The summed E-state index contributed by atoms with van der Waals surface area (Å²) in [6.07, 6.45) is 2.87. The number of benzene rings is 2. The lowest BCUT2D eigenvalue weighted by Gasteiger charge is -2.36. The number of Topliss-reactive ketones (excluding diaryl/α,β-unsaturated/α-hetero) is 2. The minimum absolute atomic E-state index is 0. The van der Waals surface area contributed by atoms with Crippen molar-refractivity contribution in [3.8, 4) is 0 Å². The van der Waals surface area contributed by atoms with E-state index in [1.807, 2.05) is 59.7 Å². The molecule has 2 aromatic carbocycles. The van der Waals surface area contributed by atoms with Gasteiger partial charge in [0.05, 0.1) is 18.1 Å². The number of carbonyl (C=O) groups excluding carboxylic acids is 8. The van der Waals surface area contributed by atoms with Crippen LogP contribution < -0.4 is 37.2 Å². The molecule has 69 heavy (non-hydrogen) atoms. The molecule has 2 aliphatic rings. The summed E-state index contributed by atoms with van der Waals surface area (Å²) in [7, 11) is 3.29. The Balaban J connectivity index is 0.00000817. The highest BCUT2D eigenvalue weighted by atomic mass is 35.5. The van der Waals surface area contributed by atoms with Crippen molar-refractivity contribution < 1.29 is 38.4 Å². The maximum Gasteiger partial charge on any atom is 0.246 e. The molecule has 0 spiro atoms. The van der Waals surface area contributed by atoms with E-state index in [0.29, 0.717) is 0 Å². The maximum atomic E-state index is 14.6. The summed E-state index contributed by atoms with van der Waals surface area (Å²) in [5, 5.41) is 20.3. The van der Waals surface area contributed by atoms with Crippen molar-refractivity contribution in [3.05, 3.63) is 70.8 Å². The van der Waals surface area contributed by atoms with Crippen LogP contribution in [-0.4, -0.2) is 115 Å². The molecule has 9 atom stereocenters. The van der Waals surface area contributed by atoms with Gasteiger partial charge in [0.1, 0.15) is 24.2 Å². The molecule has 7 N–H and O–H groups in total. The molecular formula is C51H78Cl2N8O8. The molecular weight excluding hydrogens is 924 g/mol. The third-order valence-electron chi connectivity index (χ3n) is 13.4. The highest BCUT2D eigenvalue weighted by Crippen LogP contribution is 2.34. The Bertz CT molecular complexity index is 2110. The van der Waals surface area contributed by atoms with Crippen molar-refractivity contribution in [2.24, 2.45) is 17.3 Å². The number of hydrogen-bond donors (Lipinski definition) is 7. The van der Waals surface area contributed by atoms with Crippen molar-refractivity contribution in [2.45, 2.75) is 162 Å². The maximum absolute atomic E-state index is 14.6. The second-order valence-corrected chi connectivity index (χ2v) is 19.8. The first-order valence-electron chi connectivity index (χ1n) is 24.0. The number of carbonyl (C=O) groups is 8. The van der Waals surface area contributed by atoms with Gasteiger partial charge in [-0.3, -0.25) is 38.4 Å². The average molecular weight is 1000 g/mol. The predicted octanol–water partition coefficient (Wildman–Crippen LogP) is 4.76. The monoisotopic (exact) mass is 1000 g/mol. The molecule has 1 fully saturated rings. The van der Waals surface area contributed by atoms with Crippen molar-refractivity contribution in [1.82, 2.24) is 42.1 Å². The molecule has 4 rings (SSSR count). The summed E-state index contributed by atoms with van der Waals surface area (Å²) in [6, 6.07) is 8.94. The largest absolute Gasteiger partial charge is 0.352 e. The normalized spacial score (nSPS) is 19.1. The zero-order valence-electron chi connectivity index (χ0n) is 42.3. The van der Waals surface area contributed by atoms with E-state index in [-0.39, 0.29) is 122 Å². The average Bonchev–Trinajstić information content (AvgIpc) is 3.73. The van der Waals surface area contributed by atoms with E-state index >= 15 is 0 Å². The fraction of sp³-hybridized carbons (Fsp3) is 0.608. The molecule has 0 unspecified atom stereocenters. The van der Waals surface area contributed by atoms with Crippen LogP contribution in [0.1, 0.15) is 145 Å². The van der Waals surface area contributed by atoms with Crippen LogP contribution in [0.3, 0.4) is 0 Å². The van der Waals surface area contributed by atoms with E-state index in [4.69, 9.17) is 0 Å². The molecule has 16 nitrogen and oxygen atoms in total. The van der Waals surface area contributed by atoms with Gasteiger partial charge in [-0.05, 0) is 108 Å². The first-order chi connectivity index (χ1) is 31.6. The second kappa shape index (κ2) is 27.5. The number of nitrogens with zero attached hydrogens (tertiary/aromatic N) is 1. The summed E-state index contributed by atoms with van der Waals surface area (Å²) in [6.45, 7) is 16.5. The third kappa shape index (κ3) is 16.6. The van der Waals surface area contributed by atoms with Gasteiger partial charge in [-0.25, -0.2) is 0 Å². The van der Waals surface area contributed by atoms with Crippen molar-refractivity contribution in [2.75, 3.05) is 20.6 Å². The lowest BCUT2D eigenvalue weighted by molar-refractivity contribution is -0.144. The smallest absolute Gasteiger partial charge is 0.246 e. The number of halogens is 2. The predicted molar refractivity (Wildman–Crippen MR) is 272 cm³/mol. The Labute approximate surface area is 421 Å². The van der Waals surface area contributed by atoms with Crippen LogP contribution in [-0.2, 0) is 35.2 Å². The number of hydrogen-bond acceptors (Lipinski definition) is 10. The molecule has 0 bridgehead atoms. The van der Waals surface area contributed by atoms with Crippen molar-refractivity contribution >= 4 is 71.8 Å². The Morgan fingerprint density at radius 2 is 1.30 bits per heavy atom. The number of rotatable bonds is 22.